The number of rotatable bonds is 6. The third-order valence-electron chi connectivity index (χ3n) is 3.65. The summed E-state index contributed by atoms with van der Waals surface area (Å²) in [5.41, 5.74) is 1.28. The van der Waals surface area contributed by atoms with E-state index in [0.717, 1.165) is 18.8 Å². The molecule has 3 heteroatoms. The van der Waals surface area contributed by atoms with E-state index in [1.54, 1.807) is 7.11 Å². The molecule has 0 saturated heterocycles. The van der Waals surface area contributed by atoms with Crippen LogP contribution in [0, 0.1) is 0 Å². The zero-order valence-corrected chi connectivity index (χ0v) is 10.7. The van der Waals surface area contributed by atoms with Gasteiger partial charge in [0.15, 0.2) is 0 Å². The van der Waals surface area contributed by atoms with Crippen LogP contribution in [0.4, 0.5) is 0 Å². The molecule has 0 aliphatic heterocycles. The standard InChI is InChI=1S/C14H21NO2/c1-16-13-7-4-3-6-12(13)10-15-11-14(17-2)8-5-9-14/h3-4,6-7,15H,5,8-11H2,1-2H3. The number of ether oxygens (including phenoxy) is 2. The zero-order chi connectivity index (χ0) is 12.1. The van der Waals surface area contributed by atoms with Crippen LogP contribution < -0.4 is 10.1 Å². The molecule has 0 spiro atoms. The first-order valence-corrected chi connectivity index (χ1v) is 6.17. The average molecular weight is 235 g/mol. The van der Waals surface area contributed by atoms with Gasteiger partial charge in [-0.15, -0.1) is 0 Å². The van der Waals surface area contributed by atoms with Crippen molar-refractivity contribution >= 4 is 0 Å². The lowest BCUT2D eigenvalue weighted by molar-refractivity contribution is -0.0695. The van der Waals surface area contributed by atoms with E-state index in [2.05, 4.69) is 11.4 Å². The number of hydrogen-bond acceptors (Lipinski definition) is 3. The van der Waals surface area contributed by atoms with Gasteiger partial charge in [0, 0.05) is 25.8 Å². The molecular formula is C14H21NO2. The van der Waals surface area contributed by atoms with Crippen molar-refractivity contribution in [1.29, 1.82) is 0 Å². The van der Waals surface area contributed by atoms with Crippen LogP contribution in [0.25, 0.3) is 0 Å². The first-order chi connectivity index (χ1) is 8.29. The van der Waals surface area contributed by atoms with Gasteiger partial charge in [-0.1, -0.05) is 18.2 Å². The Morgan fingerprint density at radius 2 is 2.00 bits per heavy atom. The van der Waals surface area contributed by atoms with Crippen molar-refractivity contribution in [3.05, 3.63) is 29.8 Å². The number of para-hydroxylation sites is 1. The summed E-state index contributed by atoms with van der Waals surface area (Å²) < 4.78 is 10.9. The van der Waals surface area contributed by atoms with Crippen molar-refractivity contribution in [2.45, 2.75) is 31.4 Å². The molecule has 94 valence electrons. The molecule has 0 atom stereocenters. The third kappa shape index (κ3) is 2.79. The van der Waals surface area contributed by atoms with Crippen molar-refractivity contribution in [1.82, 2.24) is 5.32 Å². The summed E-state index contributed by atoms with van der Waals surface area (Å²) in [7, 11) is 3.52. The molecule has 1 fully saturated rings. The molecule has 2 rings (SSSR count). The van der Waals surface area contributed by atoms with Crippen molar-refractivity contribution in [2.75, 3.05) is 20.8 Å². The minimum atomic E-state index is 0.0853. The normalized spacial score (nSPS) is 17.5. The van der Waals surface area contributed by atoms with Gasteiger partial charge in [-0.2, -0.15) is 0 Å². The monoisotopic (exact) mass is 235 g/mol. The molecule has 0 radical (unpaired) electrons. The minimum absolute atomic E-state index is 0.0853. The van der Waals surface area contributed by atoms with Gasteiger partial charge in [0.25, 0.3) is 0 Å². The van der Waals surface area contributed by atoms with E-state index < -0.39 is 0 Å². The van der Waals surface area contributed by atoms with Gasteiger partial charge >= 0.3 is 0 Å². The molecule has 1 aromatic rings. The first kappa shape index (κ1) is 12.4. The van der Waals surface area contributed by atoms with E-state index in [1.165, 1.54) is 24.8 Å². The highest BCUT2D eigenvalue weighted by molar-refractivity contribution is 5.32. The van der Waals surface area contributed by atoms with Crippen LogP contribution in [0.2, 0.25) is 0 Å². The summed E-state index contributed by atoms with van der Waals surface area (Å²) in [6.45, 7) is 1.75. The Labute approximate surface area is 103 Å². The predicted molar refractivity (Wildman–Crippen MR) is 68.3 cm³/mol. The fourth-order valence-corrected chi connectivity index (χ4v) is 2.30. The van der Waals surface area contributed by atoms with E-state index in [0.29, 0.717) is 0 Å². The maximum absolute atomic E-state index is 5.57. The molecule has 0 aromatic heterocycles. The maximum atomic E-state index is 5.57. The highest BCUT2D eigenvalue weighted by Gasteiger charge is 2.36. The average Bonchev–Trinajstić information content (AvgIpc) is 2.33. The summed E-state index contributed by atoms with van der Waals surface area (Å²) in [6, 6.07) is 8.11. The second kappa shape index (κ2) is 5.52. The lowest BCUT2D eigenvalue weighted by Gasteiger charge is -2.40. The van der Waals surface area contributed by atoms with Crippen molar-refractivity contribution < 1.29 is 9.47 Å². The largest absolute Gasteiger partial charge is 0.496 e. The summed E-state index contributed by atoms with van der Waals surface area (Å²) in [5.74, 6) is 0.945. The Morgan fingerprint density at radius 1 is 1.24 bits per heavy atom. The van der Waals surface area contributed by atoms with Crippen LogP contribution in [0.3, 0.4) is 0 Å². The van der Waals surface area contributed by atoms with E-state index >= 15 is 0 Å². The van der Waals surface area contributed by atoms with Gasteiger partial charge in [0.1, 0.15) is 5.75 Å². The zero-order valence-electron chi connectivity index (χ0n) is 10.7. The Bertz CT molecular complexity index is 355. The van der Waals surface area contributed by atoms with Gasteiger partial charge in [0.05, 0.1) is 12.7 Å². The van der Waals surface area contributed by atoms with Crippen LogP contribution >= 0.6 is 0 Å². The number of nitrogens with one attached hydrogen (secondary N) is 1. The molecule has 1 N–H and O–H groups in total. The number of benzene rings is 1. The van der Waals surface area contributed by atoms with Gasteiger partial charge in [-0.05, 0) is 25.3 Å². The maximum Gasteiger partial charge on any atom is 0.123 e. The quantitative estimate of drug-likeness (QED) is 0.821. The fourth-order valence-electron chi connectivity index (χ4n) is 2.30. The lowest BCUT2D eigenvalue weighted by Crippen LogP contribution is -2.47. The molecule has 17 heavy (non-hydrogen) atoms. The summed E-state index contributed by atoms with van der Waals surface area (Å²) >= 11 is 0. The number of hydrogen-bond donors (Lipinski definition) is 1. The van der Waals surface area contributed by atoms with Gasteiger partial charge in [-0.3, -0.25) is 0 Å². The van der Waals surface area contributed by atoms with E-state index in [9.17, 15) is 0 Å². The second-order valence-corrected chi connectivity index (χ2v) is 4.66. The van der Waals surface area contributed by atoms with E-state index in [1.807, 2.05) is 25.3 Å². The highest BCUT2D eigenvalue weighted by atomic mass is 16.5. The third-order valence-corrected chi connectivity index (χ3v) is 3.65. The lowest BCUT2D eigenvalue weighted by atomic mass is 9.80. The van der Waals surface area contributed by atoms with E-state index in [-0.39, 0.29) is 5.60 Å². The molecule has 1 aliphatic carbocycles. The molecule has 0 unspecified atom stereocenters. The van der Waals surface area contributed by atoms with Crippen molar-refractivity contribution in [3.63, 3.8) is 0 Å². The van der Waals surface area contributed by atoms with Crippen molar-refractivity contribution in [3.8, 4) is 5.75 Å². The summed E-state index contributed by atoms with van der Waals surface area (Å²) in [4.78, 5) is 0. The molecule has 1 aromatic carbocycles. The Hall–Kier alpha value is -1.06. The Kier molecular flexibility index (Phi) is 4.02. The molecule has 0 heterocycles. The van der Waals surface area contributed by atoms with Crippen molar-refractivity contribution in [2.24, 2.45) is 0 Å². The molecule has 0 bridgehead atoms. The molecule has 1 saturated carbocycles. The second-order valence-electron chi connectivity index (χ2n) is 4.66. The first-order valence-electron chi connectivity index (χ1n) is 6.17. The van der Waals surface area contributed by atoms with E-state index in [4.69, 9.17) is 9.47 Å². The van der Waals surface area contributed by atoms with Crippen LogP contribution in [0.5, 0.6) is 5.75 Å². The topological polar surface area (TPSA) is 30.5 Å². The van der Waals surface area contributed by atoms with Crippen LogP contribution in [-0.2, 0) is 11.3 Å². The highest BCUT2D eigenvalue weighted by Crippen LogP contribution is 2.34. The van der Waals surface area contributed by atoms with Crippen LogP contribution in [0.1, 0.15) is 24.8 Å². The summed E-state index contributed by atoms with van der Waals surface area (Å²) in [6.07, 6.45) is 3.62. The van der Waals surface area contributed by atoms with Crippen LogP contribution in [0.15, 0.2) is 24.3 Å². The van der Waals surface area contributed by atoms with Crippen LogP contribution in [-0.4, -0.2) is 26.4 Å². The Morgan fingerprint density at radius 3 is 2.59 bits per heavy atom. The molecule has 1 aliphatic rings. The SMILES string of the molecule is COc1ccccc1CNCC1(OC)CCC1. The fraction of sp³-hybridized carbons (Fsp3) is 0.571. The molecular weight excluding hydrogens is 214 g/mol. The summed E-state index contributed by atoms with van der Waals surface area (Å²) in [5, 5.41) is 3.47. The number of methoxy groups -OCH3 is 2. The molecule has 0 amide bonds. The van der Waals surface area contributed by atoms with Gasteiger partial charge < -0.3 is 14.8 Å². The molecule has 3 nitrogen and oxygen atoms in total. The van der Waals surface area contributed by atoms with Gasteiger partial charge in [0.2, 0.25) is 0 Å². The Balaban J connectivity index is 1.85. The predicted octanol–water partition coefficient (Wildman–Crippen LogP) is 2.35. The minimum Gasteiger partial charge on any atom is -0.496 e. The van der Waals surface area contributed by atoms with Gasteiger partial charge in [-0.25, -0.2) is 0 Å². The smallest absolute Gasteiger partial charge is 0.123 e.